The van der Waals surface area contributed by atoms with Gasteiger partial charge in [0.05, 0.1) is 23.1 Å². The van der Waals surface area contributed by atoms with Gasteiger partial charge in [0, 0.05) is 19.6 Å². The molecule has 2 heterocycles. The van der Waals surface area contributed by atoms with Crippen molar-refractivity contribution in [1.29, 1.82) is 0 Å². The van der Waals surface area contributed by atoms with Crippen molar-refractivity contribution in [2.75, 3.05) is 13.2 Å². The van der Waals surface area contributed by atoms with Crippen LogP contribution in [0.2, 0.25) is 0 Å². The molecular weight excluding hydrogens is 266 g/mol. The largest absolute Gasteiger partial charge is 0.377 e. The maximum absolute atomic E-state index is 12.2. The van der Waals surface area contributed by atoms with Crippen LogP contribution in [0.3, 0.4) is 0 Å². The Morgan fingerprint density at radius 1 is 1.48 bits per heavy atom. The van der Waals surface area contributed by atoms with E-state index < -0.39 is 0 Å². The lowest BCUT2D eigenvalue weighted by molar-refractivity contribution is -0.126. The van der Waals surface area contributed by atoms with Crippen molar-refractivity contribution in [3.63, 3.8) is 0 Å². The average molecular weight is 287 g/mol. The Bertz CT molecular complexity index is 590. The smallest absolute Gasteiger partial charge is 0.225 e. The number of rotatable bonds is 5. The number of para-hydroxylation sites is 2. The topological polar surface area (TPSA) is 67.0 Å². The minimum Gasteiger partial charge on any atom is -0.377 e. The van der Waals surface area contributed by atoms with Crippen molar-refractivity contribution in [3.8, 4) is 0 Å². The van der Waals surface area contributed by atoms with E-state index in [1.807, 2.05) is 24.3 Å². The highest BCUT2D eigenvalue weighted by Gasteiger charge is 2.32. The first-order valence-corrected chi connectivity index (χ1v) is 7.61. The number of ether oxygens (including phenoxy) is 1. The van der Waals surface area contributed by atoms with E-state index in [0.29, 0.717) is 19.6 Å². The van der Waals surface area contributed by atoms with Gasteiger partial charge in [0.1, 0.15) is 5.82 Å². The van der Waals surface area contributed by atoms with Gasteiger partial charge in [-0.1, -0.05) is 19.1 Å². The number of fused-ring (bicyclic) bond motifs is 1. The number of carbonyl (C=O) groups is 1. The summed E-state index contributed by atoms with van der Waals surface area (Å²) < 4.78 is 5.56. The third-order valence-corrected chi connectivity index (χ3v) is 4.05. The van der Waals surface area contributed by atoms with Crippen LogP contribution in [0.1, 0.15) is 25.6 Å². The maximum atomic E-state index is 12.2. The summed E-state index contributed by atoms with van der Waals surface area (Å²) in [4.78, 5) is 19.9. The number of benzene rings is 1. The normalized spacial score (nSPS) is 21.8. The zero-order valence-corrected chi connectivity index (χ0v) is 12.3. The molecule has 2 atom stereocenters. The van der Waals surface area contributed by atoms with Crippen LogP contribution in [-0.4, -0.2) is 35.1 Å². The molecule has 21 heavy (non-hydrogen) atoms. The quantitative estimate of drug-likeness (QED) is 0.884. The van der Waals surface area contributed by atoms with E-state index >= 15 is 0 Å². The molecule has 2 unspecified atom stereocenters. The van der Waals surface area contributed by atoms with Crippen LogP contribution < -0.4 is 5.32 Å². The van der Waals surface area contributed by atoms with Gasteiger partial charge in [-0.3, -0.25) is 4.79 Å². The van der Waals surface area contributed by atoms with Crippen molar-refractivity contribution in [1.82, 2.24) is 15.3 Å². The van der Waals surface area contributed by atoms with Gasteiger partial charge in [0.15, 0.2) is 0 Å². The summed E-state index contributed by atoms with van der Waals surface area (Å²) in [6, 6.07) is 7.94. The number of nitrogens with zero attached hydrogens (tertiary/aromatic N) is 1. The first-order chi connectivity index (χ1) is 10.3. The maximum Gasteiger partial charge on any atom is 0.225 e. The van der Waals surface area contributed by atoms with E-state index in [4.69, 9.17) is 4.74 Å². The number of amides is 1. The monoisotopic (exact) mass is 287 g/mol. The molecule has 2 N–H and O–H groups in total. The number of aromatic nitrogens is 2. The molecule has 0 aliphatic carbocycles. The summed E-state index contributed by atoms with van der Waals surface area (Å²) in [5.74, 6) is 1.02. The molecule has 0 spiro atoms. The molecule has 0 bridgehead atoms. The number of hydrogen-bond acceptors (Lipinski definition) is 3. The molecule has 1 amide bonds. The molecule has 1 aliphatic heterocycles. The third-order valence-electron chi connectivity index (χ3n) is 4.05. The molecule has 0 radical (unpaired) electrons. The third kappa shape index (κ3) is 3.08. The number of H-pyrrole nitrogens is 1. The second kappa shape index (κ2) is 6.26. The molecular formula is C16H21N3O2. The molecule has 2 aromatic rings. The number of carbonyl (C=O) groups excluding carboxylic acids is 1. The number of imidazole rings is 1. The molecule has 1 saturated heterocycles. The molecule has 1 fully saturated rings. The molecule has 5 heteroatoms. The van der Waals surface area contributed by atoms with Gasteiger partial charge in [-0.05, 0) is 25.0 Å². The van der Waals surface area contributed by atoms with E-state index in [1.165, 1.54) is 0 Å². The van der Waals surface area contributed by atoms with Crippen molar-refractivity contribution >= 4 is 16.9 Å². The van der Waals surface area contributed by atoms with Crippen molar-refractivity contribution in [2.24, 2.45) is 5.92 Å². The number of hydrogen-bond donors (Lipinski definition) is 2. The highest BCUT2D eigenvalue weighted by Crippen LogP contribution is 2.23. The average Bonchev–Trinajstić information content (AvgIpc) is 3.12. The van der Waals surface area contributed by atoms with Gasteiger partial charge in [-0.2, -0.15) is 0 Å². The highest BCUT2D eigenvalue weighted by molar-refractivity contribution is 5.79. The van der Waals surface area contributed by atoms with Gasteiger partial charge in [-0.15, -0.1) is 0 Å². The van der Waals surface area contributed by atoms with Crippen LogP contribution in [0.5, 0.6) is 0 Å². The van der Waals surface area contributed by atoms with Crippen LogP contribution in [0, 0.1) is 5.92 Å². The Morgan fingerprint density at radius 3 is 3.14 bits per heavy atom. The predicted molar refractivity (Wildman–Crippen MR) is 80.9 cm³/mol. The van der Waals surface area contributed by atoms with Crippen molar-refractivity contribution in [3.05, 3.63) is 30.1 Å². The van der Waals surface area contributed by atoms with Gasteiger partial charge in [0.2, 0.25) is 5.91 Å². The Hall–Kier alpha value is -1.88. The standard InChI is InChI=1S/C16H21N3O2/c1-2-14-11(8-10-21-14)16(20)17-9-7-15-18-12-5-3-4-6-13(12)19-15/h3-6,11,14H,2,7-10H2,1H3,(H,17,20)(H,18,19). The SMILES string of the molecule is CCC1OCCC1C(=O)NCCc1nc2ccccc2[nH]1. The molecule has 112 valence electrons. The van der Waals surface area contributed by atoms with Crippen LogP contribution in [-0.2, 0) is 16.0 Å². The molecule has 1 aromatic heterocycles. The lowest BCUT2D eigenvalue weighted by atomic mass is 9.99. The molecule has 5 nitrogen and oxygen atoms in total. The zero-order chi connectivity index (χ0) is 14.7. The van der Waals surface area contributed by atoms with Gasteiger partial charge in [0.25, 0.3) is 0 Å². The van der Waals surface area contributed by atoms with Crippen LogP contribution in [0.25, 0.3) is 11.0 Å². The van der Waals surface area contributed by atoms with Gasteiger partial charge >= 0.3 is 0 Å². The molecule has 3 rings (SSSR count). The summed E-state index contributed by atoms with van der Waals surface area (Å²) in [7, 11) is 0. The fourth-order valence-corrected chi connectivity index (χ4v) is 2.91. The summed E-state index contributed by atoms with van der Waals surface area (Å²) in [6.45, 7) is 3.36. The highest BCUT2D eigenvalue weighted by atomic mass is 16.5. The van der Waals surface area contributed by atoms with Crippen molar-refractivity contribution in [2.45, 2.75) is 32.3 Å². The lowest BCUT2D eigenvalue weighted by Gasteiger charge is -2.16. The fraction of sp³-hybridized carbons (Fsp3) is 0.500. The van der Waals surface area contributed by atoms with E-state index in [2.05, 4.69) is 22.2 Å². The van der Waals surface area contributed by atoms with Crippen LogP contribution in [0.15, 0.2) is 24.3 Å². The second-order valence-electron chi connectivity index (χ2n) is 5.45. The van der Waals surface area contributed by atoms with Crippen LogP contribution >= 0.6 is 0 Å². The summed E-state index contributed by atoms with van der Waals surface area (Å²) in [6.07, 6.45) is 2.51. The van der Waals surface area contributed by atoms with Crippen LogP contribution in [0.4, 0.5) is 0 Å². The fourth-order valence-electron chi connectivity index (χ4n) is 2.91. The van der Waals surface area contributed by atoms with E-state index in [-0.39, 0.29) is 17.9 Å². The van der Waals surface area contributed by atoms with Gasteiger partial charge in [-0.25, -0.2) is 4.98 Å². The number of nitrogens with one attached hydrogen (secondary N) is 2. The van der Waals surface area contributed by atoms with Crippen molar-refractivity contribution < 1.29 is 9.53 Å². The minimum absolute atomic E-state index is 0.00525. The minimum atomic E-state index is 0.00525. The van der Waals surface area contributed by atoms with Gasteiger partial charge < -0.3 is 15.0 Å². The molecule has 1 aromatic carbocycles. The Balaban J connectivity index is 1.52. The lowest BCUT2D eigenvalue weighted by Crippen LogP contribution is -2.36. The van der Waals surface area contributed by atoms with E-state index in [1.54, 1.807) is 0 Å². The van der Waals surface area contributed by atoms with E-state index in [0.717, 1.165) is 29.7 Å². The first kappa shape index (κ1) is 14.1. The summed E-state index contributed by atoms with van der Waals surface area (Å²) in [5, 5.41) is 3.00. The summed E-state index contributed by atoms with van der Waals surface area (Å²) in [5.41, 5.74) is 2.00. The predicted octanol–water partition coefficient (Wildman–Crippen LogP) is 2.04. The Labute approximate surface area is 124 Å². The molecule has 1 aliphatic rings. The second-order valence-corrected chi connectivity index (χ2v) is 5.45. The van der Waals surface area contributed by atoms with E-state index in [9.17, 15) is 4.79 Å². The Morgan fingerprint density at radius 2 is 2.33 bits per heavy atom. The first-order valence-electron chi connectivity index (χ1n) is 7.61. The Kier molecular flexibility index (Phi) is 4.20. The number of aromatic amines is 1. The zero-order valence-electron chi connectivity index (χ0n) is 12.3. The molecule has 0 saturated carbocycles. The summed E-state index contributed by atoms with van der Waals surface area (Å²) >= 11 is 0.